The van der Waals surface area contributed by atoms with Gasteiger partial charge in [-0.15, -0.1) is 11.3 Å². The molecule has 0 aliphatic carbocycles. The molecule has 0 aromatic carbocycles. The molecule has 7 nitrogen and oxygen atoms in total. The predicted octanol–water partition coefficient (Wildman–Crippen LogP) is 3.52. The Kier molecular flexibility index (Phi) is 5.51. The van der Waals surface area contributed by atoms with E-state index in [1.807, 2.05) is 11.8 Å². The molecule has 0 radical (unpaired) electrons. The van der Waals surface area contributed by atoms with Crippen molar-refractivity contribution in [3.63, 3.8) is 0 Å². The second-order valence-corrected chi connectivity index (χ2v) is 5.97. The molecule has 9 heteroatoms. The number of ether oxygens (including phenoxy) is 1. The normalized spacial score (nSPS) is 10.5. The first kappa shape index (κ1) is 16.4. The molecule has 0 aliphatic rings. The number of pyridine rings is 1. The molecule has 0 spiro atoms. The number of thiazole rings is 1. The summed E-state index contributed by atoms with van der Waals surface area (Å²) in [4.78, 5) is 21.7. The van der Waals surface area contributed by atoms with Crippen molar-refractivity contribution in [2.75, 3.05) is 18.1 Å². The summed E-state index contributed by atoms with van der Waals surface area (Å²) in [7, 11) is 0. The molecule has 2 heterocycles. The lowest BCUT2D eigenvalue weighted by Gasteiger charge is -2.21. The Morgan fingerprint density at radius 2 is 2.23 bits per heavy atom. The molecule has 118 valence electrons. The van der Waals surface area contributed by atoms with E-state index < -0.39 is 4.92 Å². The summed E-state index contributed by atoms with van der Waals surface area (Å²) in [6, 6.07) is 3.03. The summed E-state index contributed by atoms with van der Waals surface area (Å²) in [5.74, 6) is 0.645. The Labute approximate surface area is 136 Å². The lowest BCUT2D eigenvalue weighted by molar-refractivity contribution is -0.386. The number of aromatic nitrogens is 2. The van der Waals surface area contributed by atoms with Gasteiger partial charge in [-0.1, -0.05) is 11.6 Å². The second-order valence-electron chi connectivity index (χ2n) is 4.28. The van der Waals surface area contributed by atoms with E-state index >= 15 is 0 Å². The van der Waals surface area contributed by atoms with Crippen molar-refractivity contribution < 1.29 is 9.66 Å². The van der Waals surface area contributed by atoms with Gasteiger partial charge >= 0.3 is 5.69 Å². The maximum absolute atomic E-state index is 11.0. The van der Waals surface area contributed by atoms with Gasteiger partial charge in [-0.3, -0.25) is 10.1 Å². The van der Waals surface area contributed by atoms with Gasteiger partial charge in [-0.2, -0.15) is 4.98 Å². The monoisotopic (exact) mass is 342 g/mol. The summed E-state index contributed by atoms with van der Waals surface area (Å²) in [6.07, 6.45) is 1.71. The van der Waals surface area contributed by atoms with E-state index in [-0.39, 0.29) is 11.6 Å². The van der Waals surface area contributed by atoms with Crippen LogP contribution in [0.2, 0.25) is 4.47 Å². The van der Waals surface area contributed by atoms with Gasteiger partial charge in [0.05, 0.1) is 18.1 Å². The minimum atomic E-state index is -0.499. The highest BCUT2D eigenvalue weighted by atomic mass is 35.5. The summed E-state index contributed by atoms with van der Waals surface area (Å²) >= 11 is 7.23. The number of rotatable bonds is 7. The Hall–Kier alpha value is -1.93. The third-order valence-corrected chi connectivity index (χ3v) is 3.98. The van der Waals surface area contributed by atoms with Gasteiger partial charge in [-0.25, -0.2) is 4.98 Å². The average molecular weight is 343 g/mol. The lowest BCUT2D eigenvalue weighted by Crippen LogP contribution is -2.22. The second kappa shape index (κ2) is 7.37. The molecule has 0 saturated carbocycles. The van der Waals surface area contributed by atoms with Crippen molar-refractivity contribution in [1.82, 2.24) is 9.97 Å². The van der Waals surface area contributed by atoms with Gasteiger partial charge in [0.15, 0.2) is 4.47 Å². The fourth-order valence-corrected chi connectivity index (χ4v) is 2.87. The SMILES string of the molecule is CCOc1nc(N(CC)Cc2cnc(Cl)s2)ccc1[N+](=O)[O-]. The maximum atomic E-state index is 11.0. The highest BCUT2D eigenvalue weighted by Gasteiger charge is 2.19. The molecule has 0 unspecified atom stereocenters. The predicted molar refractivity (Wildman–Crippen MR) is 85.9 cm³/mol. The largest absolute Gasteiger partial charge is 0.473 e. The first-order valence-corrected chi connectivity index (χ1v) is 7.88. The molecule has 0 aliphatic heterocycles. The zero-order valence-corrected chi connectivity index (χ0v) is 13.7. The molecule has 2 aromatic rings. The molecule has 2 rings (SSSR count). The van der Waals surface area contributed by atoms with Gasteiger partial charge in [0.1, 0.15) is 5.82 Å². The van der Waals surface area contributed by atoms with Crippen molar-refractivity contribution in [1.29, 1.82) is 0 Å². The number of anilines is 1. The van der Waals surface area contributed by atoms with Crippen LogP contribution in [0.1, 0.15) is 18.7 Å². The number of nitro groups is 1. The van der Waals surface area contributed by atoms with Crippen LogP contribution in [0.5, 0.6) is 5.88 Å². The molecular weight excluding hydrogens is 328 g/mol. The van der Waals surface area contributed by atoms with Crippen LogP contribution >= 0.6 is 22.9 Å². The molecule has 2 aromatic heterocycles. The molecule has 0 fully saturated rings. The quantitative estimate of drug-likeness (QED) is 0.565. The number of halogens is 1. The summed E-state index contributed by atoms with van der Waals surface area (Å²) in [5.41, 5.74) is -0.137. The van der Waals surface area contributed by atoms with Crippen molar-refractivity contribution in [2.24, 2.45) is 0 Å². The van der Waals surface area contributed by atoms with Crippen LogP contribution in [0.15, 0.2) is 18.3 Å². The maximum Gasteiger partial charge on any atom is 0.331 e. The van der Waals surface area contributed by atoms with Crippen molar-refractivity contribution in [3.05, 3.63) is 37.8 Å². The molecular formula is C13H15ClN4O3S. The molecule has 0 bridgehead atoms. The highest BCUT2D eigenvalue weighted by molar-refractivity contribution is 7.15. The number of hydrogen-bond donors (Lipinski definition) is 0. The third-order valence-electron chi connectivity index (χ3n) is 2.88. The number of nitrogens with zero attached hydrogens (tertiary/aromatic N) is 4. The first-order valence-electron chi connectivity index (χ1n) is 6.68. The minimum Gasteiger partial charge on any atom is -0.473 e. The summed E-state index contributed by atoms with van der Waals surface area (Å²) in [6.45, 7) is 5.32. The van der Waals surface area contributed by atoms with Crippen LogP contribution in [0, 0.1) is 10.1 Å². The molecule has 22 heavy (non-hydrogen) atoms. The van der Waals surface area contributed by atoms with Gasteiger partial charge in [0, 0.05) is 23.7 Å². The fourth-order valence-electron chi connectivity index (χ4n) is 1.88. The van der Waals surface area contributed by atoms with Crippen molar-refractivity contribution in [2.45, 2.75) is 20.4 Å². The van der Waals surface area contributed by atoms with Gasteiger partial charge in [0.25, 0.3) is 5.88 Å². The summed E-state index contributed by atoms with van der Waals surface area (Å²) in [5, 5.41) is 11.0. The van der Waals surface area contributed by atoms with E-state index in [4.69, 9.17) is 16.3 Å². The Morgan fingerprint density at radius 1 is 1.45 bits per heavy atom. The van der Waals surface area contributed by atoms with E-state index in [0.29, 0.717) is 30.0 Å². The zero-order valence-electron chi connectivity index (χ0n) is 12.2. The Balaban J connectivity index is 2.28. The van der Waals surface area contributed by atoms with Gasteiger partial charge in [0.2, 0.25) is 0 Å². The minimum absolute atomic E-state index is 0.0331. The van der Waals surface area contributed by atoms with Gasteiger partial charge < -0.3 is 9.64 Å². The Bertz CT molecular complexity index is 664. The van der Waals surface area contributed by atoms with E-state index in [1.165, 1.54) is 17.4 Å². The highest BCUT2D eigenvalue weighted by Crippen LogP contribution is 2.29. The van der Waals surface area contributed by atoms with E-state index in [1.54, 1.807) is 19.2 Å². The van der Waals surface area contributed by atoms with E-state index in [2.05, 4.69) is 9.97 Å². The van der Waals surface area contributed by atoms with Crippen LogP contribution in [0.25, 0.3) is 0 Å². The first-order chi connectivity index (χ1) is 10.5. The fraction of sp³-hybridized carbons (Fsp3) is 0.385. The average Bonchev–Trinajstić information content (AvgIpc) is 2.90. The van der Waals surface area contributed by atoms with Gasteiger partial charge in [-0.05, 0) is 19.9 Å². The van der Waals surface area contributed by atoms with Crippen LogP contribution in [-0.2, 0) is 6.54 Å². The van der Waals surface area contributed by atoms with Crippen LogP contribution in [0.3, 0.4) is 0 Å². The summed E-state index contributed by atoms with van der Waals surface area (Å²) < 4.78 is 5.76. The molecule has 0 saturated heterocycles. The standard InChI is InChI=1S/C13H15ClN4O3S/c1-3-17(8-9-7-15-13(14)22-9)11-6-5-10(18(19)20)12(16-11)21-4-2/h5-7H,3-4,8H2,1-2H3. The third kappa shape index (κ3) is 3.83. The van der Waals surface area contributed by atoms with Crippen LogP contribution < -0.4 is 9.64 Å². The van der Waals surface area contributed by atoms with Crippen molar-refractivity contribution in [3.8, 4) is 5.88 Å². The molecule has 0 atom stereocenters. The Morgan fingerprint density at radius 3 is 2.77 bits per heavy atom. The number of hydrogen-bond acceptors (Lipinski definition) is 7. The molecule has 0 amide bonds. The smallest absolute Gasteiger partial charge is 0.331 e. The van der Waals surface area contributed by atoms with Crippen molar-refractivity contribution >= 4 is 34.4 Å². The van der Waals surface area contributed by atoms with E-state index in [0.717, 1.165) is 4.88 Å². The van der Waals surface area contributed by atoms with E-state index in [9.17, 15) is 10.1 Å². The van der Waals surface area contributed by atoms with Crippen LogP contribution in [-0.4, -0.2) is 28.0 Å². The van der Waals surface area contributed by atoms with Crippen LogP contribution in [0.4, 0.5) is 11.5 Å². The molecule has 0 N–H and O–H groups in total. The topological polar surface area (TPSA) is 81.4 Å². The zero-order chi connectivity index (χ0) is 16.1. The lowest BCUT2D eigenvalue weighted by atomic mass is 10.3.